The molecule has 12 N–H and O–H groups in total. The molecule has 26 nitrogen and oxygen atoms in total. The van der Waals surface area contributed by atoms with Crippen LogP contribution in [0.1, 0.15) is 72.8 Å². The molecule has 0 aliphatic heterocycles. The number of amides is 4. The highest BCUT2D eigenvalue weighted by molar-refractivity contribution is 5.95. The van der Waals surface area contributed by atoms with Gasteiger partial charge in [-0.3, -0.25) is 38.9 Å². The van der Waals surface area contributed by atoms with Crippen molar-refractivity contribution in [1.29, 1.82) is 0 Å². The lowest BCUT2D eigenvalue weighted by Crippen LogP contribution is -2.52. The predicted octanol–water partition coefficient (Wildman–Crippen LogP) is 3.89. The molecule has 0 radical (unpaired) electrons. The van der Waals surface area contributed by atoms with E-state index in [-0.39, 0.29) is 69.0 Å². The van der Waals surface area contributed by atoms with Crippen LogP contribution in [-0.4, -0.2) is 174 Å². The Labute approximate surface area is 471 Å². The zero-order valence-electron chi connectivity index (χ0n) is 45.5. The molecule has 26 heteroatoms. The van der Waals surface area contributed by atoms with Gasteiger partial charge in [0.2, 0.25) is 11.8 Å². The Kier molecular flexibility index (Phi) is 25.6. The SMILES string of the molecule is COc1ccc(C)c(C=NCC(CN=Cc2cc(OC)ccc2O)(CN=Cc2cc(OC)ccc2O)Cc2ccc(NC(CC(=O)O)C(=O)N[C@@H](CC(=O)O)C(=O)NCCCCC(NC(=O)NC(CCC(=O)O)C(=O)O)C(=O)O)cc2)c1. The molecule has 4 atom stereocenters. The molecule has 4 aromatic carbocycles. The number of aliphatic imine (C=N–C) groups is 3. The molecule has 0 aliphatic rings. The number of hydrogen-bond donors (Lipinski definition) is 12. The van der Waals surface area contributed by atoms with Crippen LogP contribution in [0, 0.1) is 12.3 Å². The molecule has 0 aromatic heterocycles. The van der Waals surface area contributed by atoms with Crippen LogP contribution in [0.4, 0.5) is 10.5 Å². The number of phenols is 2. The van der Waals surface area contributed by atoms with E-state index in [4.69, 9.17) is 34.3 Å². The summed E-state index contributed by atoms with van der Waals surface area (Å²) in [6, 6.07) is 14.1. The maximum atomic E-state index is 13.7. The van der Waals surface area contributed by atoms with Crippen molar-refractivity contribution in [2.24, 2.45) is 20.4 Å². The number of aryl methyl sites for hydroxylation is 1. The monoisotopic (exact) mass is 1140 g/mol. The number of rotatable bonds is 35. The molecule has 4 aromatic rings. The summed E-state index contributed by atoms with van der Waals surface area (Å²) in [6.45, 7) is 2.09. The summed E-state index contributed by atoms with van der Waals surface area (Å²) in [5.74, 6) is -7.68. The molecule has 0 spiro atoms. The zero-order valence-corrected chi connectivity index (χ0v) is 45.5. The molecular formula is C56H68N8O18. The van der Waals surface area contributed by atoms with Crippen molar-refractivity contribution in [3.8, 4) is 28.7 Å². The fraction of sp³-hybridized carbons (Fsp3) is 0.375. The Morgan fingerprint density at radius 3 is 1.51 bits per heavy atom. The standard InChI is InChI=1S/C56H68N8O18/c1-33-8-13-39(80-2)21-35(33)27-57-30-56(31-58-28-36-22-40(81-3)14-17-46(36)65,32-59-29-37-23-41(82-4)15-18-47(37)66)26-34-9-11-38(12-10-34)61-45(25-50(71)72)52(74)62-44(24-49(69)70)51(73)60-20-6-5-7-42(53(75)76)63-55(79)64-43(54(77)78)16-19-48(67)68/h8-15,17-18,21-23,27-29,42-45,61,65-66H,5-7,16,19-20,24-26,30-32H2,1-4H3,(H,60,73)(H,62,74)(H,67,68)(H,69,70)(H,71,72)(H,75,76)(H,77,78)(H2,63,64,79)/t42?,43?,44-,45?,56?/m0/s1. The van der Waals surface area contributed by atoms with E-state index in [1.807, 2.05) is 30.4 Å². The Balaban J connectivity index is 1.55. The van der Waals surface area contributed by atoms with Gasteiger partial charge >= 0.3 is 35.9 Å². The number of carbonyl (C=O) groups excluding carboxylic acids is 3. The summed E-state index contributed by atoms with van der Waals surface area (Å²) in [7, 11) is 4.54. The zero-order chi connectivity index (χ0) is 60.4. The van der Waals surface area contributed by atoms with E-state index in [2.05, 4.69) is 21.3 Å². The lowest BCUT2D eigenvalue weighted by Gasteiger charge is -2.30. The van der Waals surface area contributed by atoms with Gasteiger partial charge in [-0.1, -0.05) is 18.2 Å². The number of unbranched alkanes of at least 4 members (excludes halogenated alkanes) is 1. The van der Waals surface area contributed by atoms with Gasteiger partial charge < -0.3 is 76.5 Å². The second-order valence-corrected chi connectivity index (χ2v) is 18.9. The third-order valence-corrected chi connectivity index (χ3v) is 12.6. The molecule has 4 amide bonds. The highest BCUT2D eigenvalue weighted by atomic mass is 16.5. The Morgan fingerprint density at radius 1 is 0.549 bits per heavy atom. The number of urea groups is 1. The Morgan fingerprint density at radius 2 is 1.02 bits per heavy atom. The second kappa shape index (κ2) is 32.4. The average Bonchev–Trinajstić information content (AvgIpc) is 3.48. The summed E-state index contributed by atoms with van der Waals surface area (Å²) in [4.78, 5) is 112. The van der Waals surface area contributed by atoms with Crippen molar-refractivity contribution in [2.75, 3.05) is 52.8 Å². The highest BCUT2D eigenvalue weighted by Crippen LogP contribution is 2.29. The van der Waals surface area contributed by atoms with Crippen LogP contribution in [0.15, 0.2) is 93.8 Å². The van der Waals surface area contributed by atoms with Crippen LogP contribution in [0.3, 0.4) is 0 Å². The molecule has 0 saturated carbocycles. The Bertz CT molecular complexity index is 2810. The van der Waals surface area contributed by atoms with Crippen molar-refractivity contribution in [2.45, 2.75) is 82.5 Å². The fourth-order valence-electron chi connectivity index (χ4n) is 8.08. The van der Waals surface area contributed by atoms with Gasteiger partial charge in [-0.15, -0.1) is 0 Å². The second-order valence-electron chi connectivity index (χ2n) is 18.9. The topological polar surface area (TPSA) is 403 Å². The fourth-order valence-corrected chi connectivity index (χ4v) is 8.08. The van der Waals surface area contributed by atoms with Gasteiger partial charge in [-0.05, 0) is 116 Å². The van der Waals surface area contributed by atoms with E-state index >= 15 is 0 Å². The van der Waals surface area contributed by atoms with Gasteiger partial charge in [0.25, 0.3) is 0 Å². The van der Waals surface area contributed by atoms with Crippen LogP contribution in [0.5, 0.6) is 28.7 Å². The first-order valence-corrected chi connectivity index (χ1v) is 25.5. The van der Waals surface area contributed by atoms with Crippen LogP contribution < -0.4 is 40.8 Å². The number of nitrogens with one attached hydrogen (secondary N) is 5. The number of ether oxygens (including phenoxy) is 3. The quantitative estimate of drug-likeness (QED) is 0.0230. The first-order chi connectivity index (χ1) is 39.0. The number of phenolic OH excluding ortho intramolecular Hbond substituents is 2. The van der Waals surface area contributed by atoms with Crippen molar-refractivity contribution in [3.63, 3.8) is 0 Å². The number of aliphatic carboxylic acids is 5. The van der Waals surface area contributed by atoms with E-state index in [0.717, 1.165) is 11.1 Å². The lowest BCUT2D eigenvalue weighted by molar-refractivity contribution is -0.142. The van der Waals surface area contributed by atoms with Gasteiger partial charge in [0.15, 0.2) is 0 Å². The summed E-state index contributed by atoms with van der Waals surface area (Å²) in [5, 5.41) is 80.4. The van der Waals surface area contributed by atoms with Crippen LogP contribution in [-0.2, 0) is 40.0 Å². The van der Waals surface area contributed by atoms with E-state index in [1.165, 1.54) is 38.8 Å². The van der Waals surface area contributed by atoms with E-state index in [0.29, 0.717) is 33.9 Å². The lowest BCUT2D eigenvalue weighted by atomic mass is 9.81. The molecule has 0 heterocycles. The molecule has 0 saturated heterocycles. The summed E-state index contributed by atoms with van der Waals surface area (Å²) < 4.78 is 16.2. The van der Waals surface area contributed by atoms with E-state index in [9.17, 15) is 69.0 Å². The molecule has 440 valence electrons. The summed E-state index contributed by atoms with van der Waals surface area (Å²) >= 11 is 0. The average molecular weight is 1140 g/mol. The third kappa shape index (κ3) is 21.8. The molecule has 82 heavy (non-hydrogen) atoms. The van der Waals surface area contributed by atoms with Crippen LogP contribution >= 0.6 is 0 Å². The van der Waals surface area contributed by atoms with Crippen LogP contribution in [0.25, 0.3) is 0 Å². The van der Waals surface area contributed by atoms with E-state index < -0.39 is 103 Å². The van der Waals surface area contributed by atoms with Crippen molar-refractivity contribution in [3.05, 3.63) is 107 Å². The van der Waals surface area contributed by atoms with Crippen molar-refractivity contribution < 1.29 is 88.3 Å². The molecule has 0 bridgehead atoms. The van der Waals surface area contributed by atoms with Gasteiger partial charge in [0.1, 0.15) is 52.9 Å². The maximum absolute atomic E-state index is 13.7. The highest BCUT2D eigenvalue weighted by Gasteiger charge is 2.32. The minimum absolute atomic E-state index is 0.0415. The third-order valence-electron chi connectivity index (χ3n) is 12.6. The number of nitrogens with zero attached hydrogens (tertiary/aromatic N) is 3. The van der Waals surface area contributed by atoms with Crippen molar-refractivity contribution >= 4 is 72.0 Å². The smallest absolute Gasteiger partial charge is 0.326 e. The van der Waals surface area contributed by atoms with E-state index in [1.54, 1.807) is 61.9 Å². The van der Waals surface area contributed by atoms with Gasteiger partial charge in [-0.2, -0.15) is 0 Å². The van der Waals surface area contributed by atoms with Crippen LogP contribution in [0.2, 0.25) is 0 Å². The van der Waals surface area contributed by atoms with Gasteiger partial charge in [-0.25, -0.2) is 14.4 Å². The minimum Gasteiger partial charge on any atom is -0.507 e. The molecule has 3 unspecified atom stereocenters. The van der Waals surface area contributed by atoms with Gasteiger partial charge in [0, 0.05) is 73.5 Å². The number of carboxylic acids is 5. The normalized spacial score (nSPS) is 13.5. The number of carboxylic acid groups (broad SMARTS) is 5. The number of anilines is 1. The van der Waals surface area contributed by atoms with Gasteiger partial charge in [0.05, 0.1) is 34.2 Å². The number of aromatic hydroxyl groups is 2. The summed E-state index contributed by atoms with van der Waals surface area (Å²) in [6.07, 6.45) is 2.18. The largest absolute Gasteiger partial charge is 0.507 e. The number of methoxy groups -OCH3 is 3. The number of carbonyl (C=O) groups is 8. The molecule has 4 rings (SSSR count). The number of benzene rings is 4. The molecule has 0 fully saturated rings. The maximum Gasteiger partial charge on any atom is 0.326 e. The van der Waals surface area contributed by atoms with Crippen molar-refractivity contribution in [1.82, 2.24) is 21.3 Å². The number of hydrogen-bond acceptors (Lipinski definition) is 17. The molecular weight excluding hydrogens is 1070 g/mol. The Hall–Kier alpha value is -9.75. The first kappa shape index (κ1) is 64.8. The summed E-state index contributed by atoms with van der Waals surface area (Å²) in [5.41, 5.74) is 2.56. The molecule has 0 aliphatic carbocycles. The first-order valence-electron chi connectivity index (χ1n) is 25.5. The minimum atomic E-state index is -1.69. The predicted molar refractivity (Wildman–Crippen MR) is 299 cm³/mol.